The van der Waals surface area contributed by atoms with Gasteiger partial charge in [0, 0.05) is 6.20 Å². The lowest BCUT2D eigenvalue weighted by Crippen LogP contribution is -2.36. The van der Waals surface area contributed by atoms with Gasteiger partial charge in [0.1, 0.15) is 5.82 Å². The third-order valence-corrected chi connectivity index (χ3v) is 2.10. The lowest BCUT2D eigenvalue weighted by molar-refractivity contribution is -0.141. The number of carbonyl (C=O) groups excluding carboxylic acids is 1. The van der Waals surface area contributed by atoms with Crippen LogP contribution in [0.1, 0.15) is 18.9 Å². The molecule has 0 aliphatic rings. The summed E-state index contributed by atoms with van der Waals surface area (Å²) >= 11 is 0. The van der Waals surface area contributed by atoms with Gasteiger partial charge in [-0.1, -0.05) is 0 Å². The normalized spacial score (nSPS) is 14.4. The molecule has 4 nitrogen and oxygen atoms in total. The van der Waals surface area contributed by atoms with Crippen LogP contribution in [-0.2, 0) is 15.1 Å². The van der Waals surface area contributed by atoms with Crippen molar-refractivity contribution in [3.8, 4) is 0 Å². The molecule has 0 bridgehead atoms. The SMILES string of the molecule is COC(=O)C[C@](C)(N)c1cncc(F)c1. The summed E-state index contributed by atoms with van der Waals surface area (Å²) in [4.78, 5) is 14.7. The van der Waals surface area contributed by atoms with E-state index in [0.29, 0.717) is 5.56 Å². The second kappa shape index (κ2) is 4.35. The zero-order valence-electron chi connectivity index (χ0n) is 8.66. The molecule has 0 saturated carbocycles. The molecule has 0 unspecified atom stereocenters. The van der Waals surface area contributed by atoms with Crippen molar-refractivity contribution in [1.29, 1.82) is 0 Å². The van der Waals surface area contributed by atoms with E-state index in [0.717, 1.165) is 6.20 Å². The quantitative estimate of drug-likeness (QED) is 0.758. The first-order valence-electron chi connectivity index (χ1n) is 4.42. The maximum Gasteiger partial charge on any atom is 0.307 e. The van der Waals surface area contributed by atoms with Gasteiger partial charge in [-0.25, -0.2) is 4.39 Å². The van der Waals surface area contributed by atoms with Crippen LogP contribution in [0.15, 0.2) is 18.5 Å². The highest BCUT2D eigenvalue weighted by Gasteiger charge is 2.26. The molecule has 82 valence electrons. The zero-order valence-corrected chi connectivity index (χ0v) is 8.66. The third-order valence-electron chi connectivity index (χ3n) is 2.10. The van der Waals surface area contributed by atoms with Crippen LogP contribution in [0.5, 0.6) is 0 Å². The van der Waals surface area contributed by atoms with Crippen molar-refractivity contribution >= 4 is 5.97 Å². The van der Waals surface area contributed by atoms with Crippen molar-refractivity contribution in [1.82, 2.24) is 4.98 Å². The average molecular weight is 212 g/mol. The van der Waals surface area contributed by atoms with Crippen molar-refractivity contribution < 1.29 is 13.9 Å². The topological polar surface area (TPSA) is 65.2 Å². The number of hydrogen-bond acceptors (Lipinski definition) is 4. The number of hydrogen-bond donors (Lipinski definition) is 1. The number of carbonyl (C=O) groups is 1. The summed E-state index contributed by atoms with van der Waals surface area (Å²) in [5.41, 5.74) is 5.37. The summed E-state index contributed by atoms with van der Waals surface area (Å²) in [5, 5.41) is 0. The summed E-state index contributed by atoms with van der Waals surface area (Å²) in [5.74, 6) is -0.918. The minimum Gasteiger partial charge on any atom is -0.469 e. The molecule has 15 heavy (non-hydrogen) atoms. The van der Waals surface area contributed by atoms with Crippen molar-refractivity contribution in [3.63, 3.8) is 0 Å². The van der Waals surface area contributed by atoms with Gasteiger partial charge in [-0.15, -0.1) is 0 Å². The van der Waals surface area contributed by atoms with E-state index in [2.05, 4.69) is 9.72 Å². The van der Waals surface area contributed by atoms with Crippen LogP contribution < -0.4 is 5.73 Å². The molecule has 0 radical (unpaired) electrons. The molecular formula is C10H13FN2O2. The minimum atomic E-state index is -0.970. The first kappa shape index (κ1) is 11.6. The lowest BCUT2D eigenvalue weighted by Gasteiger charge is -2.23. The van der Waals surface area contributed by atoms with Gasteiger partial charge in [0.2, 0.25) is 0 Å². The van der Waals surface area contributed by atoms with Crippen molar-refractivity contribution in [3.05, 3.63) is 29.8 Å². The van der Waals surface area contributed by atoms with E-state index in [1.165, 1.54) is 19.4 Å². The van der Waals surface area contributed by atoms with E-state index in [9.17, 15) is 9.18 Å². The Morgan fingerprint density at radius 1 is 1.67 bits per heavy atom. The first-order chi connectivity index (χ1) is 6.95. The highest BCUT2D eigenvalue weighted by Crippen LogP contribution is 2.21. The van der Waals surface area contributed by atoms with E-state index >= 15 is 0 Å². The van der Waals surface area contributed by atoms with E-state index in [4.69, 9.17) is 5.73 Å². The lowest BCUT2D eigenvalue weighted by atomic mass is 9.91. The van der Waals surface area contributed by atoms with Gasteiger partial charge in [-0.3, -0.25) is 9.78 Å². The second-order valence-electron chi connectivity index (χ2n) is 3.56. The van der Waals surface area contributed by atoms with Crippen molar-refractivity contribution in [2.75, 3.05) is 7.11 Å². The largest absolute Gasteiger partial charge is 0.469 e. The fraction of sp³-hybridized carbons (Fsp3) is 0.400. The molecule has 0 aliphatic carbocycles. The molecule has 0 aromatic carbocycles. The molecular weight excluding hydrogens is 199 g/mol. The van der Waals surface area contributed by atoms with Crippen LogP contribution in [-0.4, -0.2) is 18.1 Å². The predicted octanol–water partition coefficient (Wildman–Crippen LogP) is 0.958. The summed E-state index contributed by atoms with van der Waals surface area (Å²) in [6.07, 6.45) is 2.50. The number of rotatable bonds is 3. The van der Waals surface area contributed by atoms with Gasteiger partial charge in [0.15, 0.2) is 0 Å². The number of nitrogens with two attached hydrogens (primary N) is 1. The zero-order chi connectivity index (χ0) is 11.5. The Bertz CT molecular complexity index is 366. The number of halogens is 1. The number of pyridine rings is 1. The van der Waals surface area contributed by atoms with Gasteiger partial charge in [0.05, 0.1) is 25.3 Å². The predicted molar refractivity (Wildman–Crippen MR) is 52.4 cm³/mol. The highest BCUT2D eigenvalue weighted by atomic mass is 19.1. The summed E-state index contributed by atoms with van der Waals surface area (Å²) in [6, 6.07) is 1.26. The van der Waals surface area contributed by atoms with Gasteiger partial charge in [-0.2, -0.15) is 0 Å². The average Bonchev–Trinajstić information content (AvgIpc) is 2.17. The fourth-order valence-corrected chi connectivity index (χ4v) is 1.20. The van der Waals surface area contributed by atoms with E-state index in [1.807, 2.05) is 0 Å². The molecule has 0 spiro atoms. The minimum absolute atomic E-state index is 0.0192. The Kier molecular flexibility index (Phi) is 3.36. The van der Waals surface area contributed by atoms with Crippen LogP contribution in [0.25, 0.3) is 0 Å². The van der Waals surface area contributed by atoms with E-state index in [-0.39, 0.29) is 6.42 Å². The Morgan fingerprint density at radius 2 is 2.33 bits per heavy atom. The van der Waals surface area contributed by atoms with Crippen molar-refractivity contribution in [2.24, 2.45) is 5.73 Å². The summed E-state index contributed by atoms with van der Waals surface area (Å²) < 4.78 is 17.4. The molecule has 0 saturated heterocycles. The van der Waals surface area contributed by atoms with Gasteiger partial charge in [-0.05, 0) is 18.6 Å². The van der Waals surface area contributed by atoms with Crippen LogP contribution >= 0.6 is 0 Å². The number of aromatic nitrogens is 1. The number of methoxy groups -OCH3 is 1. The van der Waals surface area contributed by atoms with Gasteiger partial charge in [0.25, 0.3) is 0 Å². The highest BCUT2D eigenvalue weighted by molar-refractivity contribution is 5.71. The maximum atomic E-state index is 12.9. The van der Waals surface area contributed by atoms with Crippen molar-refractivity contribution in [2.45, 2.75) is 18.9 Å². The standard InChI is InChI=1S/C10H13FN2O2/c1-10(12,4-9(14)15-2)7-3-8(11)6-13-5-7/h3,5-6H,4,12H2,1-2H3/t10-/m0/s1. The molecule has 0 aliphatic heterocycles. The van der Waals surface area contributed by atoms with Crippen LogP contribution in [0, 0.1) is 5.82 Å². The molecule has 1 rings (SSSR count). The third kappa shape index (κ3) is 2.99. The van der Waals surface area contributed by atoms with Gasteiger partial charge >= 0.3 is 5.97 Å². The van der Waals surface area contributed by atoms with Crippen LogP contribution in [0.2, 0.25) is 0 Å². The number of esters is 1. The molecule has 0 amide bonds. The monoisotopic (exact) mass is 212 g/mol. The Hall–Kier alpha value is -1.49. The van der Waals surface area contributed by atoms with E-state index < -0.39 is 17.3 Å². The Labute approximate surface area is 87.3 Å². The molecule has 2 N–H and O–H groups in total. The molecule has 1 atom stereocenters. The van der Waals surface area contributed by atoms with Crippen LogP contribution in [0.4, 0.5) is 4.39 Å². The molecule has 5 heteroatoms. The van der Waals surface area contributed by atoms with Gasteiger partial charge < -0.3 is 10.5 Å². The Morgan fingerprint density at radius 3 is 2.87 bits per heavy atom. The molecule has 1 heterocycles. The molecule has 1 aromatic heterocycles. The molecule has 1 aromatic rings. The number of nitrogens with zero attached hydrogens (tertiary/aromatic N) is 1. The molecule has 0 fully saturated rings. The summed E-state index contributed by atoms with van der Waals surface area (Å²) in [6.45, 7) is 1.63. The first-order valence-corrected chi connectivity index (χ1v) is 4.42. The fourth-order valence-electron chi connectivity index (χ4n) is 1.20. The maximum absolute atomic E-state index is 12.9. The van der Waals surface area contributed by atoms with Crippen LogP contribution in [0.3, 0.4) is 0 Å². The van der Waals surface area contributed by atoms with E-state index in [1.54, 1.807) is 6.92 Å². The smallest absolute Gasteiger partial charge is 0.307 e. The number of ether oxygens (including phenoxy) is 1. The summed E-state index contributed by atoms with van der Waals surface area (Å²) in [7, 11) is 1.28. The Balaban J connectivity index is 2.90. The second-order valence-corrected chi connectivity index (χ2v) is 3.56.